The highest BCUT2D eigenvalue weighted by Crippen LogP contribution is 2.56. The van der Waals surface area contributed by atoms with Crippen molar-refractivity contribution in [1.29, 1.82) is 0 Å². The minimum Gasteiger partial charge on any atom is -0.482 e. The summed E-state index contributed by atoms with van der Waals surface area (Å²) in [4.78, 5) is 29.2. The van der Waals surface area contributed by atoms with E-state index in [1.54, 1.807) is 6.92 Å². The Bertz CT molecular complexity index is 1070. The molecule has 3 aliphatic rings. The molecule has 5 atom stereocenters. The van der Waals surface area contributed by atoms with E-state index in [0.29, 0.717) is 18.3 Å². The normalized spacial score (nSPS) is 30.1. The Morgan fingerprint density at radius 1 is 1.03 bits per heavy atom. The second-order valence-corrected chi connectivity index (χ2v) is 10.7. The van der Waals surface area contributed by atoms with Crippen molar-refractivity contribution in [3.63, 3.8) is 0 Å². The standard InChI is InChI=1S/C29H36N2O4/c1-20(32)31-23(16-21-10-4-3-5-11-21)24-17-29(2)26(14-8-9-15-27(29)31)30(24)18-22-12-6-7-13-25(22)35-19-28(33)34/h3-7,10-13,23-24,26-27H,8-9,14-19H2,1-2H3,(H,33,34)/t23-,24+,26+,27-,29+/m1/s1. The van der Waals surface area contributed by atoms with Crippen molar-refractivity contribution in [2.24, 2.45) is 5.41 Å². The highest BCUT2D eigenvalue weighted by Gasteiger charge is 2.62. The van der Waals surface area contributed by atoms with Crippen LogP contribution in [0.15, 0.2) is 54.6 Å². The minimum atomic E-state index is -0.976. The van der Waals surface area contributed by atoms with Gasteiger partial charge in [0.25, 0.3) is 0 Å². The fourth-order valence-electron chi connectivity index (χ4n) is 7.28. The maximum Gasteiger partial charge on any atom is 0.341 e. The zero-order valence-electron chi connectivity index (χ0n) is 20.7. The van der Waals surface area contributed by atoms with Crippen molar-refractivity contribution >= 4 is 11.9 Å². The number of carboxylic acids is 1. The lowest BCUT2D eigenvalue weighted by Crippen LogP contribution is -2.61. The Labute approximate surface area is 207 Å². The molecule has 35 heavy (non-hydrogen) atoms. The number of para-hydroxylation sites is 1. The first-order valence-electron chi connectivity index (χ1n) is 12.9. The third kappa shape index (κ3) is 4.44. The number of carboxylic acid groups (broad SMARTS) is 1. The predicted octanol–water partition coefficient (Wildman–Crippen LogP) is 4.52. The van der Waals surface area contributed by atoms with Gasteiger partial charge in [0.15, 0.2) is 6.61 Å². The summed E-state index contributed by atoms with van der Waals surface area (Å²) in [5, 5.41) is 9.14. The molecule has 0 spiro atoms. The van der Waals surface area contributed by atoms with Crippen LogP contribution in [0.25, 0.3) is 0 Å². The number of ether oxygens (including phenoxy) is 1. The molecule has 2 bridgehead atoms. The van der Waals surface area contributed by atoms with E-state index in [-0.39, 0.29) is 36.1 Å². The van der Waals surface area contributed by atoms with Gasteiger partial charge in [-0.2, -0.15) is 0 Å². The maximum atomic E-state index is 13.2. The average Bonchev–Trinajstić information content (AvgIpc) is 2.95. The largest absolute Gasteiger partial charge is 0.482 e. The number of carbonyl (C=O) groups excluding carboxylic acids is 1. The van der Waals surface area contributed by atoms with Crippen LogP contribution in [0.5, 0.6) is 5.75 Å². The fourth-order valence-corrected chi connectivity index (χ4v) is 7.28. The molecule has 1 amide bonds. The Morgan fingerprint density at radius 2 is 1.71 bits per heavy atom. The molecule has 186 valence electrons. The molecule has 6 heteroatoms. The Kier molecular flexibility index (Phi) is 6.58. The Hall–Kier alpha value is -2.86. The van der Waals surface area contributed by atoms with Gasteiger partial charge in [-0.1, -0.05) is 68.3 Å². The van der Waals surface area contributed by atoms with Gasteiger partial charge in [0.1, 0.15) is 5.75 Å². The smallest absolute Gasteiger partial charge is 0.341 e. The number of hydrogen-bond acceptors (Lipinski definition) is 4. The zero-order valence-corrected chi connectivity index (χ0v) is 20.7. The molecule has 1 N–H and O–H groups in total. The lowest BCUT2D eigenvalue weighted by Gasteiger charge is -2.51. The monoisotopic (exact) mass is 476 g/mol. The van der Waals surface area contributed by atoms with Crippen molar-refractivity contribution < 1.29 is 19.4 Å². The summed E-state index contributed by atoms with van der Waals surface area (Å²) in [5.74, 6) is -0.162. The lowest BCUT2D eigenvalue weighted by atomic mass is 9.69. The van der Waals surface area contributed by atoms with Crippen LogP contribution in [0.4, 0.5) is 0 Å². The van der Waals surface area contributed by atoms with Gasteiger partial charge in [-0.3, -0.25) is 9.69 Å². The number of amides is 1. The highest BCUT2D eigenvalue weighted by atomic mass is 16.5. The van der Waals surface area contributed by atoms with E-state index >= 15 is 0 Å². The van der Waals surface area contributed by atoms with Crippen molar-refractivity contribution in [2.75, 3.05) is 6.61 Å². The van der Waals surface area contributed by atoms with Gasteiger partial charge in [0.05, 0.1) is 6.04 Å². The second-order valence-electron chi connectivity index (χ2n) is 10.7. The van der Waals surface area contributed by atoms with Crippen LogP contribution in [0.3, 0.4) is 0 Å². The number of rotatable bonds is 7. The SMILES string of the molecule is CC(=O)N1[C@H](Cc2ccccc2)[C@@H]2C[C@@]3(C)[C@H](CCCC[C@@H]13)N2Cc1ccccc1OCC(=O)O. The molecular formula is C29H36N2O4. The van der Waals surface area contributed by atoms with E-state index in [2.05, 4.69) is 41.0 Å². The van der Waals surface area contributed by atoms with Crippen molar-refractivity contribution in [2.45, 2.75) is 83.1 Å². The molecule has 2 saturated heterocycles. The van der Waals surface area contributed by atoms with Crippen LogP contribution in [0.2, 0.25) is 0 Å². The number of likely N-dealkylation sites (tertiary alicyclic amines) is 2. The van der Waals surface area contributed by atoms with Crippen molar-refractivity contribution in [3.8, 4) is 5.75 Å². The second kappa shape index (κ2) is 9.65. The van der Waals surface area contributed by atoms with E-state index in [4.69, 9.17) is 9.84 Å². The minimum absolute atomic E-state index is 0.0525. The summed E-state index contributed by atoms with van der Waals surface area (Å²) in [5.41, 5.74) is 2.33. The molecule has 1 saturated carbocycles. The third-order valence-corrected chi connectivity index (χ3v) is 8.67. The number of hydrogen-bond donors (Lipinski definition) is 1. The molecule has 2 aromatic rings. The molecule has 3 fully saturated rings. The Balaban J connectivity index is 1.53. The van der Waals surface area contributed by atoms with Crippen LogP contribution in [-0.2, 0) is 22.6 Å². The van der Waals surface area contributed by atoms with Crippen LogP contribution >= 0.6 is 0 Å². The molecule has 2 aliphatic heterocycles. The molecule has 2 aromatic carbocycles. The van der Waals surface area contributed by atoms with Crippen LogP contribution < -0.4 is 4.74 Å². The number of carbonyl (C=O) groups is 2. The summed E-state index contributed by atoms with van der Waals surface area (Å²) in [6.45, 7) is 4.50. The van der Waals surface area contributed by atoms with E-state index in [0.717, 1.165) is 37.7 Å². The molecule has 6 nitrogen and oxygen atoms in total. The van der Waals surface area contributed by atoms with Gasteiger partial charge in [-0.25, -0.2) is 4.79 Å². The molecule has 0 unspecified atom stereocenters. The summed E-state index contributed by atoms with van der Waals surface area (Å²) in [6.07, 6.45) is 6.45. The molecule has 1 aliphatic carbocycles. The average molecular weight is 477 g/mol. The number of piperidine rings is 1. The highest BCUT2D eigenvalue weighted by molar-refractivity contribution is 5.74. The molecule has 5 rings (SSSR count). The van der Waals surface area contributed by atoms with Crippen LogP contribution in [0, 0.1) is 5.41 Å². The first kappa shape index (κ1) is 23.9. The maximum absolute atomic E-state index is 13.2. The molecule has 0 radical (unpaired) electrons. The number of fused-ring (bicyclic) bond motifs is 1. The first-order chi connectivity index (χ1) is 16.9. The molecule has 2 heterocycles. The van der Waals surface area contributed by atoms with E-state index in [9.17, 15) is 9.59 Å². The van der Waals surface area contributed by atoms with E-state index < -0.39 is 5.97 Å². The number of nitrogens with zero attached hydrogens (tertiary/aromatic N) is 2. The van der Waals surface area contributed by atoms with Gasteiger partial charge < -0.3 is 14.7 Å². The summed E-state index contributed by atoms with van der Waals surface area (Å²) in [7, 11) is 0. The lowest BCUT2D eigenvalue weighted by molar-refractivity contribution is -0.141. The Morgan fingerprint density at radius 3 is 2.43 bits per heavy atom. The fraction of sp³-hybridized carbons (Fsp3) is 0.517. The van der Waals surface area contributed by atoms with E-state index in [1.807, 2.05) is 30.3 Å². The van der Waals surface area contributed by atoms with Gasteiger partial charge in [0.2, 0.25) is 5.91 Å². The third-order valence-electron chi connectivity index (χ3n) is 8.67. The van der Waals surface area contributed by atoms with Gasteiger partial charge >= 0.3 is 5.97 Å². The zero-order chi connectivity index (χ0) is 24.6. The van der Waals surface area contributed by atoms with Crippen molar-refractivity contribution in [1.82, 2.24) is 9.80 Å². The van der Waals surface area contributed by atoms with Crippen LogP contribution in [0.1, 0.15) is 57.1 Å². The first-order valence-corrected chi connectivity index (χ1v) is 12.9. The van der Waals surface area contributed by atoms with E-state index in [1.165, 1.54) is 12.0 Å². The van der Waals surface area contributed by atoms with Crippen LogP contribution in [-0.4, -0.2) is 57.6 Å². The van der Waals surface area contributed by atoms with Gasteiger partial charge in [-0.15, -0.1) is 0 Å². The topological polar surface area (TPSA) is 70.1 Å². The van der Waals surface area contributed by atoms with Crippen molar-refractivity contribution in [3.05, 3.63) is 65.7 Å². The molecule has 0 aromatic heterocycles. The number of benzene rings is 2. The number of aliphatic carboxylic acids is 1. The molecular weight excluding hydrogens is 440 g/mol. The predicted molar refractivity (Wildman–Crippen MR) is 134 cm³/mol. The van der Waals surface area contributed by atoms with Gasteiger partial charge in [-0.05, 0) is 37.3 Å². The summed E-state index contributed by atoms with van der Waals surface area (Å²) in [6, 6.07) is 19.3. The summed E-state index contributed by atoms with van der Waals surface area (Å²) < 4.78 is 5.67. The van der Waals surface area contributed by atoms with Gasteiger partial charge in [0, 0.05) is 42.6 Å². The summed E-state index contributed by atoms with van der Waals surface area (Å²) >= 11 is 0. The quantitative estimate of drug-likeness (QED) is 0.637.